The van der Waals surface area contributed by atoms with Gasteiger partial charge in [-0.05, 0) is 114 Å². The van der Waals surface area contributed by atoms with Crippen LogP contribution in [-0.2, 0) is 10.8 Å². The molecule has 0 amide bonds. The van der Waals surface area contributed by atoms with Gasteiger partial charge in [0, 0.05) is 14.4 Å². The molecule has 0 saturated heterocycles. The zero-order valence-electron chi connectivity index (χ0n) is 23.3. The summed E-state index contributed by atoms with van der Waals surface area (Å²) in [5, 5.41) is 0. The highest BCUT2D eigenvalue weighted by molar-refractivity contribution is 9.10. The van der Waals surface area contributed by atoms with Gasteiger partial charge in [0.05, 0.1) is 5.41 Å². The molecule has 0 bridgehead atoms. The minimum atomic E-state index is -0.500. The van der Waals surface area contributed by atoms with Gasteiger partial charge in [-0.3, -0.25) is 0 Å². The Morgan fingerprint density at radius 3 is 1.36 bits per heavy atom. The molecule has 9 rings (SSSR count). The van der Waals surface area contributed by atoms with Gasteiger partial charge in [-0.25, -0.2) is 0 Å². The van der Waals surface area contributed by atoms with Gasteiger partial charge in [0.1, 0.15) is 0 Å². The van der Waals surface area contributed by atoms with Crippen LogP contribution in [0.3, 0.4) is 0 Å². The monoisotopic (exact) mass is 664 g/mol. The maximum absolute atomic E-state index is 3.90. The van der Waals surface area contributed by atoms with Crippen molar-refractivity contribution in [3.63, 3.8) is 0 Å². The molecule has 0 nitrogen and oxygen atoms in total. The first-order chi connectivity index (χ1) is 20.4. The Hall–Kier alpha value is -3.72. The van der Waals surface area contributed by atoms with Crippen molar-refractivity contribution in [3.8, 4) is 44.5 Å². The quantitative estimate of drug-likeness (QED) is 0.151. The summed E-state index contributed by atoms with van der Waals surface area (Å²) >= 11 is 7.79. The molecule has 0 N–H and O–H groups in total. The van der Waals surface area contributed by atoms with Crippen molar-refractivity contribution >= 4 is 31.9 Å². The third-order valence-corrected chi connectivity index (χ3v) is 11.0. The smallest absolute Gasteiger partial charge is 0.0619 e. The molecule has 3 aliphatic rings. The molecule has 3 aliphatic carbocycles. The van der Waals surface area contributed by atoms with E-state index in [9.17, 15) is 0 Å². The molecular formula is C40H26Br2. The maximum Gasteiger partial charge on any atom is 0.0726 e. The van der Waals surface area contributed by atoms with E-state index < -0.39 is 5.41 Å². The summed E-state index contributed by atoms with van der Waals surface area (Å²) in [6.07, 6.45) is 0. The van der Waals surface area contributed by atoms with Crippen molar-refractivity contribution in [2.24, 2.45) is 0 Å². The lowest BCUT2D eigenvalue weighted by Crippen LogP contribution is -2.29. The fourth-order valence-electron chi connectivity index (χ4n) is 8.27. The fraction of sp³-hybridized carbons (Fsp3) is 0.100. The van der Waals surface area contributed by atoms with Crippen molar-refractivity contribution in [1.29, 1.82) is 0 Å². The molecule has 0 aliphatic heterocycles. The summed E-state index contributed by atoms with van der Waals surface area (Å²) in [5.74, 6) is 0. The minimum Gasteiger partial charge on any atom is -0.0619 e. The van der Waals surface area contributed by atoms with Gasteiger partial charge >= 0.3 is 0 Å². The van der Waals surface area contributed by atoms with E-state index in [-0.39, 0.29) is 5.41 Å². The first-order valence-electron chi connectivity index (χ1n) is 14.5. The van der Waals surface area contributed by atoms with Gasteiger partial charge in [-0.15, -0.1) is 0 Å². The van der Waals surface area contributed by atoms with E-state index in [4.69, 9.17) is 0 Å². The first kappa shape index (κ1) is 24.8. The molecule has 2 heteroatoms. The van der Waals surface area contributed by atoms with Gasteiger partial charge < -0.3 is 0 Å². The van der Waals surface area contributed by atoms with E-state index in [0.717, 1.165) is 8.95 Å². The average Bonchev–Trinajstić information content (AvgIpc) is 3.38. The fourth-order valence-corrected chi connectivity index (χ4v) is 8.99. The third-order valence-electron chi connectivity index (χ3n) is 10.0. The second kappa shape index (κ2) is 8.43. The van der Waals surface area contributed by atoms with Crippen LogP contribution in [0.2, 0.25) is 0 Å². The number of fused-ring (bicyclic) bond motifs is 15. The molecular weight excluding hydrogens is 640 g/mol. The van der Waals surface area contributed by atoms with Gasteiger partial charge in [0.25, 0.3) is 0 Å². The van der Waals surface area contributed by atoms with Crippen LogP contribution in [0.4, 0.5) is 0 Å². The molecule has 42 heavy (non-hydrogen) atoms. The van der Waals surface area contributed by atoms with E-state index in [1.54, 1.807) is 0 Å². The lowest BCUT2D eigenvalue weighted by atomic mass is 9.65. The third kappa shape index (κ3) is 2.97. The molecule has 6 aromatic carbocycles. The second-order valence-corrected chi connectivity index (χ2v) is 14.2. The Morgan fingerprint density at radius 1 is 0.357 bits per heavy atom. The molecule has 1 spiro atoms. The number of benzene rings is 6. The van der Waals surface area contributed by atoms with Crippen LogP contribution in [0.25, 0.3) is 44.5 Å². The number of rotatable bonds is 0. The zero-order chi connectivity index (χ0) is 28.4. The number of hydrogen-bond donors (Lipinski definition) is 0. The van der Waals surface area contributed by atoms with E-state index in [1.807, 2.05) is 0 Å². The molecule has 0 unspecified atom stereocenters. The number of hydrogen-bond acceptors (Lipinski definition) is 0. The summed E-state index contributed by atoms with van der Waals surface area (Å²) in [5.41, 5.74) is 18.1. The van der Waals surface area contributed by atoms with Crippen LogP contribution in [0.15, 0.2) is 130 Å². The molecule has 6 aromatic rings. The van der Waals surface area contributed by atoms with E-state index in [2.05, 4.69) is 167 Å². The predicted molar refractivity (Wildman–Crippen MR) is 181 cm³/mol. The highest BCUT2D eigenvalue weighted by Crippen LogP contribution is 2.64. The lowest BCUT2D eigenvalue weighted by Gasteiger charge is -2.36. The van der Waals surface area contributed by atoms with Crippen LogP contribution in [-0.4, -0.2) is 0 Å². The largest absolute Gasteiger partial charge is 0.0726 e. The van der Waals surface area contributed by atoms with Crippen molar-refractivity contribution in [1.82, 2.24) is 0 Å². The Balaban J connectivity index is 1.53. The van der Waals surface area contributed by atoms with Crippen molar-refractivity contribution in [2.45, 2.75) is 24.7 Å². The van der Waals surface area contributed by atoms with Crippen LogP contribution in [0.5, 0.6) is 0 Å². The molecule has 200 valence electrons. The summed E-state index contributed by atoms with van der Waals surface area (Å²) in [4.78, 5) is 0. The molecule has 0 heterocycles. The molecule has 0 fully saturated rings. The van der Waals surface area contributed by atoms with Gasteiger partial charge in [0.15, 0.2) is 0 Å². The SMILES string of the molecule is CC1(C)c2ccccc2-c2cc3c(cc21)-c1ccccc1C31c2cc(Br)ccc2-c2ccccc2-c2ccc(Br)cc21. The summed E-state index contributed by atoms with van der Waals surface area (Å²) in [6, 6.07) is 45.8. The van der Waals surface area contributed by atoms with Gasteiger partial charge in [0.2, 0.25) is 0 Å². The number of halogens is 2. The van der Waals surface area contributed by atoms with Crippen molar-refractivity contribution in [3.05, 3.63) is 164 Å². The Bertz CT molecular complexity index is 2080. The Kier molecular flexibility index (Phi) is 4.99. The van der Waals surface area contributed by atoms with Crippen LogP contribution in [0, 0.1) is 0 Å². The van der Waals surface area contributed by atoms with Gasteiger partial charge in [-0.2, -0.15) is 0 Å². The van der Waals surface area contributed by atoms with Crippen molar-refractivity contribution in [2.75, 3.05) is 0 Å². The lowest BCUT2D eigenvalue weighted by molar-refractivity contribution is 0.660. The first-order valence-corrected chi connectivity index (χ1v) is 16.1. The second-order valence-electron chi connectivity index (χ2n) is 12.3. The van der Waals surface area contributed by atoms with Crippen LogP contribution in [0.1, 0.15) is 47.2 Å². The maximum atomic E-state index is 3.90. The Labute approximate surface area is 263 Å². The zero-order valence-corrected chi connectivity index (χ0v) is 26.5. The summed E-state index contributed by atoms with van der Waals surface area (Å²) in [7, 11) is 0. The molecule has 0 atom stereocenters. The Morgan fingerprint density at radius 2 is 0.762 bits per heavy atom. The highest BCUT2D eigenvalue weighted by Gasteiger charge is 2.51. The highest BCUT2D eigenvalue weighted by atomic mass is 79.9. The molecule has 0 saturated carbocycles. The van der Waals surface area contributed by atoms with Crippen LogP contribution >= 0.6 is 31.9 Å². The van der Waals surface area contributed by atoms with E-state index >= 15 is 0 Å². The molecule has 0 aromatic heterocycles. The summed E-state index contributed by atoms with van der Waals surface area (Å²) in [6.45, 7) is 4.75. The standard InChI is InChI=1S/C40H26Br2/c1-39(2)33-13-7-5-11-27(33)31-22-38-32(21-35(31)39)28-12-6-8-14-34(28)40(38)36-19-23(41)15-17-29(36)25-9-3-4-10-26(25)30-18-16-24(42)20-37(30)40/h3-22H,1-2H3. The average molecular weight is 666 g/mol. The minimum absolute atomic E-state index is 0.0623. The normalized spacial score (nSPS) is 15.5. The molecule has 0 radical (unpaired) electrons. The van der Waals surface area contributed by atoms with Crippen LogP contribution < -0.4 is 0 Å². The summed E-state index contributed by atoms with van der Waals surface area (Å²) < 4.78 is 2.19. The van der Waals surface area contributed by atoms with E-state index in [0.29, 0.717) is 0 Å². The van der Waals surface area contributed by atoms with Crippen molar-refractivity contribution < 1.29 is 0 Å². The topological polar surface area (TPSA) is 0 Å². The van der Waals surface area contributed by atoms with Gasteiger partial charge in [-0.1, -0.05) is 131 Å². The predicted octanol–water partition coefficient (Wildman–Crippen LogP) is 11.5. The van der Waals surface area contributed by atoms with E-state index in [1.165, 1.54) is 77.9 Å².